The van der Waals surface area contributed by atoms with Crippen LogP contribution in [0.5, 0.6) is 0 Å². The minimum absolute atomic E-state index is 0.292. The lowest BCUT2D eigenvalue weighted by Gasteiger charge is -2.07. The predicted molar refractivity (Wildman–Crippen MR) is 38.1 cm³/mol. The topological polar surface area (TPSA) is 29.1 Å². The molecule has 0 aromatic rings. The van der Waals surface area contributed by atoms with Crippen LogP contribution in [-0.4, -0.2) is 11.9 Å². The van der Waals surface area contributed by atoms with Crippen molar-refractivity contribution in [3.8, 4) is 0 Å². The summed E-state index contributed by atoms with van der Waals surface area (Å²) in [4.78, 5) is 10.6. The number of hydrogen-bond acceptors (Lipinski definition) is 1. The zero-order valence-electron chi connectivity index (χ0n) is 6.90. The summed E-state index contributed by atoms with van der Waals surface area (Å²) in [6.07, 6.45) is 1.76. The smallest absolute Gasteiger partial charge is 0.243 e. The Labute approximate surface area is 57.4 Å². The summed E-state index contributed by atoms with van der Waals surface area (Å²) >= 11 is 0. The molecule has 0 aliphatic carbocycles. The van der Waals surface area contributed by atoms with Crippen LogP contribution in [0, 0.1) is 0 Å². The molecule has 0 aliphatic heterocycles. The highest BCUT2D eigenvalue weighted by Crippen LogP contribution is 1.86. The minimum Gasteiger partial charge on any atom is -0.350 e. The Hall–Kier alpha value is -0.790. The molecule has 1 atom stereocenters. The van der Waals surface area contributed by atoms with E-state index in [9.17, 15) is 4.79 Å². The van der Waals surface area contributed by atoms with E-state index in [0.717, 1.165) is 0 Å². The SMILES string of the molecule is [2H]C(C)(CC)NC(=O)C=C. The highest BCUT2D eigenvalue weighted by Gasteiger charge is 1.98. The van der Waals surface area contributed by atoms with Crippen LogP contribution < -0.4 is 5.32 Å². The van der Waals surface area contributed by atoms with Gasteiger partial charge in [0.2, 0.25) is 5.91 Å². The van der Waals surface area contributed by atoms with Gasteiger partial charge in [-0.25, -0.2) is 0 Å². The highest BCUT2D eigenvalue weighted by molar-refractivity contribution is 5.86. The van der Waals surface area contributed by atoms with Crippen molar-refractivity contribution in [2.75, 3.05) is 0 Å². The van der Waals surface area contributed by atoms with Gasteiger partial charge < -0.3 is 5.32 Å². The van der Waals surface area contributed by atoms with Crippen molar-refractivity contribution in [2.45, 2.75) is 26.3 Å². The average Bonchev–Trinajstić information content (AvgIpc) is 1.87. The lowest BCUT2D eigenvalue weighted by atomic mass is 10.2. The quantitative estimate of drug-likeness (QED) is 0.566. The lowest BCUT2D eigenvalue weighted by molar-refractivity contribution is -0.117. The van der Waals surface area contributed by atoms with Crippen molar-refractivity contribution >= 4 is 5.91 Å². The van der Waals surface area contributed by atoms with Crippen LogP contribution >= 0.6 is 0 Å². The van der Waals surface area contributed by atoms with E-state index in [4.69, 9.17) is 1.37 Å². The van der Waals surface area contributed by atoms with Gasteiger partial charge in [-0.05, 0) is 19.4 Å². The molecule has 1 unspecified atom stereocenters. The Morgan fingerprint density at radius 1 is 2.11 bits per heavy atom. The summed E-state index contributed by atoms with van der Waals surface area (Å²) in [6.45, 7) is 6.77. The molecule has 2 nitrogen and oxygen atoms in total. The van der Waals surface area contributed by atoms with Crippen LogP contribution in [0.1, 0.15) is 21.6 Å². The van der Waals surface area contributed by atoms with Crippen molar-refractivity contribution in [1.29, 1.82) is 0 Å². The molecule has 0 bridgehead atoms. The fourth-order valence-corrected chi connectivity index (χ4v) is 0.350. The number of carbonyl (C=O) groups is 1. The second-order valence-electron chi connectivity index (χ2n) is 1.83. The standard InChI is InChI=1S/C7H13NO/c1-4-6(3)8-7(9)5-2/h5-6H,2,4H2,1,3H3,(H,8,9)/i6D. The van der Waals surface area contributed by atoms with Crippen molar-refractivity contribution in [2.24, 2.45) is 0 Å². The number of amides is 1. The maximum absolute atomic E-state index is 10.6. The summed E-state index contributed by atoms with van der Waals surface area (Å²) in [6, 6.07) is -0.856. The summed E-state index contributed by atoms with van der Waals surface area (Å²) in [7, 11) is 0. The first-order chi connectivity index (χ1) is 4.52. The molecule has 0 rings (SSSR count). The summed E-state index contributed by atoms with van der Waals surface area (Å²) in [5, 5.41) is 2.47. The van der Waals surface area contributed by atoms with Crippen LogP contribution in [0.3, 0.4) is 0 Å². The molecule has 0 fully saturated rings. The fraction of sp³-hybridized carbons (Fsp3) is 0.571. The lowest BCUT2D eigenvalue weighted by Crippen LogP contribution is -2.30. The Bertz CT molecular complexity index is 143. The van der Waals surface area contributed by atoms with Crippen LogP contribution in [0.2, 0.25) is 0 Å². The highest BCUT2D eigenvalue weighted by atomic mass is 16.1. The van der Waals surface area contributed by atoms with Gasteiger partial charge in [-0.2, -0.15) is 0 Å². The van der Waals surface area contributed by atoms with Crippen LogP contribution in [-0.2, 0) is 4.79 Å². The molecule has 1 amide bonds. The first-order valence-electron chi connectivity index (χ1n) is 3.46. The molecule has 1 N–H and O–H groups in total. The van der Waals surface area contributed by atoms with E-state index in [-0.39, 0.29) is 5.91 Å². The molecule has 9 heavy (non-hydrogen) atoms. The molecule has 0 spiro atoms. The van der Waals surface area contributed by atoms with E-state index in [1.165, 1.54) is 6.08 Å². The van der Waals surface area contributed by atoms with Crippen molar-refractivity contribution in [3.05, 3.63) is 12.7 Å². The Balaban J connectivity index is 3.87. The maximum atomic E-state index is 10.6. The van der Waals surface area contributed by atoms with E-state index >= 15 is 0 Å². The Morgan fingerprint density at radius 3 is 3.00 bits per heavy atom. The van der Waals surface area contributed by atoms with Crippen LogP contribution in [0.25, 0.3) is 0 Å². The molecule has 0 aliphatic rings. The molecular weight excluding hydrogens is 114 g/mol. The summed E-state index contributed by atoms with van der Waals surface area (Å²) in [5.41, 5.74) is 0. The molecular formula is C7H13NO. The van der Waals surface area contributed by atoms with Crippen molar-refractivity contribution in [1.82, 2.24) is 5.32 Å². The van der Waals surface area contributed by atoms with Gasteiger partial charge in [0.25, 0.3) is 0 Å². The third-order valence-electron chi connectivity index (χ3n) is 1.05. The molecule has 0 aromatic heterocycles. The molecule has 0 heterocycles. The first-order valence-corrected chi connectivity index (χ1v) is 2.96. The zero-order valence-corrected chi connectivity index (χ0v) is 5.90. The third kappa shape index (κ3) is 3.76. The first kappa shape index (κ1) is 6.33. The van der Waals surface area contributed by atoms with Gasteiger partial charge in [-0.1, -0.05) is 13.5 Å². The number of hydrogen-bond donors (Lipinski definition) is 1. The van der Waals surface area contributed by atoms with Crippen molar-refractivity contribution in [3.63, 3.8) is 0 Å². The Kier molecular flexibility index (Phi) is 2.90. The van der Waals surface area contributed by atoms with Gasteiger partial charge in [-0.15, -0.1) is 0 Å². The van der Waals surface area contributed by atoms with Gasteiger partial charge in [0.05, 0.1) is 1.37 Å². The Morgan fingerprint density at radius 2 is 2.67 bits per heavy atom. The number of carbonyl (C=O) groups excluding carboxylic acids is 1. The second-order valence-corrected chi connectivity index (χ2v) is 1.83. The largest absolute Gasteiger partial charge is 0.350 e. The van der Waals surface area contributed by atoms with Gasteiger partial charge in [0, 0.05) is 6.02 Å². The van der Waals surface area contributed by atoms with E-state index in [0.29, 0.717) is 6.42 Å². The van der Waals surface area contributed by atoms with Crippen LogP contribution in [0.15, 0.2) is 12.7 Å². The van der Waals surface area contributed by atoms with E-state index < -0.39 is 6.02 Å². The normalized spacial score (nSPS) is 17.3. The molecule has 0 radical (unpaired) electrons. The third-order valence-corrected chi connectivity index (χ3v) is 1.05. The van der Waals surface area contributed by atoms with Crippen molar-refractivity contribution < 1.29 is 6.17 Å². The van der Waals surface area contributed by atoms with Gasteiger partial charge >= 0.3 is 0 Å². The summed E-state index contributed by atoms with van der Waals surface area (Å²) < 4.78 is 7.43. The van der Waals surface area contributed by atoms with E-state index in [1.54, 1.807) is 6.92 Å². The minimum atomic E-state index is -0.856. The monoisotopic (exact) mass is 128 g/mol. The summed E-state index contributed by atoms with van der Waals surface area (Å²) in [5.74, 6) is -0.292. The molecule has 0 saturated carbocycles. The molecule has 0 aromatic carbocycles. The molecule has 52 valence electrons. The average molecular weight is 128 g/mol. The van der Waals surface area contributed by atoms with Gasteiger partial charge in [-0.3, -0.25) is 4.79 Å². The van der Waals surface area contributed by atoms with E-state index in [1.807, 2.05) is 6.92 Å². The number of rotatable bonds is 3. The number of nitrogens with one attached hydrogen (secondary N) is 1. The van der Waals surface area contributed by atoms with Gasteiger partial charge in [0.15, 0.2) is 0 Å². The molecule has 2 heteroatoms. The van der Waals surface area contributed by atoms with Gasteiger partial charge in [0.1, 0.15) is 0 Å². The van der Waals surface area contributed by atoms with Crippen LogP contribution in [0.4, 0.5) is 0 Å². The molecule has 0 saturated heterocycles. The fourth-order valence-electron chi connectivity index (χ4n) is 0.350. The maximum Gasteiger partial charge on any atom is 0.243 e. The predicted octanol–water partition coefficient (Wildman–Crippen LogP) is 1.09. The zero-order chi connectivity index (χ0) is 8.20. The van der Waals surface area contributed by atoms with E-state index in [2.05, 4.69) is 11.9 Å². The second kappa shape index (κ2) is 4.13.